The van der Waals surface area contributed by atoms with Gasteiger partial charge in [-0.15, -0.1) is 0 Å². The van der Waals surface area contributed by atoms with Crippen molar-refractivity contribution < 1.29 is 9.59 Å². The molecule has 5 heteroatoms. The molecule has 2 aliphatic rings. The largest absolute Gasteiger partial charge is 0.372 e. The molecule has 1 saturated carbocycles. The number of hydrogen-bond acceptors (Lipinski definition) is 3. The molecular formula is C15H19N3O2. The van der Waals surface area contributed by atoms with Crippen molar-refractivity contribution in [2.75, 3.05) is 10.6 Å². The van der Waals surface area contributed by atoms with Crippen molar-refractivity contribution in [2.45, 2.75) is 44.2 Å². The second kappa shape index (κ2) is 5.53. The Morgan fingerprint density at radius 3 is 2.65 bits per heavy atom. The van der Waals surface area contributed by atoms with Crippen LogP contribution in [0.25, 0.3) is 0 Å². The van der Waals surface area contributed by atoms with Crippen LogP contribution in [0.15, 0.2) is 24.3 Å². The maximum absolute atomic E-state index is 12.0. The fourth-order valence-corrected chi connectivity index (χ4v) is 2.88. The highest BCUT2D eigenvalue weighted by atomic mass is 16.2. The van der Waals surface area contributed by atoms with Gasteiger partial charge in [0, 0.05) is 6.04 Å². The molecule has 0 saturated heterocycles. The molecule has 5 nitrogen and oxygen atoms in total. The maximum atomic E-state index is 12.0. The molecular weight excluding hydrogens is 254 g/mol. The van der Waals surface area contributed by atoms with Crippen molar-refractivity contribution >= 4 is 23.2 Å². The monoisotopic (exact) mass is 273 g/mol. The molecule has 1 aromatic rings. The van der Waals surface area contributed by atoms with Gasteiger partial charge >= 0.3 is 0 Å². The van der Waals surface area contributed by atoms with E-state index in [1.54, 1.807) is 0 Å². The van der Waals surface area contributed by atoms with Crippen molar-refractivity contribution in [2.24, 2.45) is 0 Å². The van der Waals surface area contributed by atoms with Gasteiger partial charge in [0.25, 0.3) is 0 Å². The Kier molecular flexibility index (Phi) is 3.58. The van der Waals surface area contributed by atoms with E-state index in [0.29, 0.717) is 6.04 Å². The Balaban J connectivity index is 1.60. The van der Waals surface area contributed by atoms with E-state index in [2.05, 4.69) is 16.0 Å². The quantitative estimate of drug-likeness (QED) is 0.787. The molecule has 0 spiro atoms. The average molecular weight is 273 g/mol. The zero-order valence-corrected chi connectivity index (χ0v) is 11.3. The molecule has 1 aromatic carbocycles. The summed E-state index contributed by atoms with van der Waals surface area (Å²) >= 11 is 0. The summed E-state index contributed by atoms with van der Waals surface area (Å²) in [6.45, 7) is 0. The fourth-order valence-electron chi connectivity index (χ4n) is 2.88. The average Bonchev–Trinajstić information content (AvgIpc) is 2.92. The maximum Gasteiger partial charge on any atom is 0.247 e. The minimum atomic E-state index is -0.494. The number of carbonyl (C=O) groups is 2. The van der Waals surface area contributed by atoms with Gasteiger partial charge < -0.3 is 16.0 Å². The molecule has 20 heavy (non-hydrogen) atoms. The van der Waals surface area contributed by atoms with Crippen LogP contribution >= 0.6 is 0 Å². The van der Waals surface area contributed by atoms with Crippen molar-refractivity contribution in [1.82, 2.24) is 5.32 Å². The first-order valence-electron chi connectivity index (χ1n) is 7.18. The Morgan fingerprint density at radius 1 is 1.20 bits per heavy atom. The number of benzene rings is 1. The van der Waals surface area contributed by atoms with E-state index in [9.17, 15) is 9.59 Å². The van der Waals surface area contributed by atoms with Crippen molar-refractivity contribution in [3.63, 3.8) is 0 Å². The van der Waals surface area contributed by atoms with Gasteiger partial charge in [-0.25, -0.2) is 0 Å². The van der Waals surface area contributed by atoms with E-state index in [1.165, 1.54) is 12.8 Å². The molecule has 2 amide bonds. The van der Waals surface area contributed by atoms with Crippen LogP contribution in [-0.2, 0) is 9.59 Å². The SMILES string of the molecule is O=C(CC1Nc2ccccc2NC1=O)NC1CCCC1. The number of fused-ring (bicyclic) bond motifs is 1. The molecule has 0 radical (unpaired) electrons. The summed E-state index contributed by atoms with van der Waals surface area (Å²) in [6.07, 6.45) is 4.65. The fraction of sp³-hybridized carbons (Fsp3) is 0.467. The van der Waals surface area contributed by atoms with Crippen molar-refractivity contribution in [3.8, 4) is 0 Å². The summed E-state index contributed by atoms with van der Waals surface area (Å²) in [5.74, 6) is -0.200. The number of rotatable bonds is 3. The first-order valence-corrected chi connectivity index (χ1v) is 7.18. The second-order valence-corrected chi connectivity index (χ2v) is 5.48. The Labute approximate surface area is 118 Å². The van der Waals surface area contributed by atoms with Gasteiger partial charge in [-0.2, -0.15) is 0 Å². The lowest BCUT2D eigenvalue weighted by Gasteiger charge is -2.26. The van der Waals surface area contributed by atoms with Crippen LogP contribution in [-0.4, -0.2) is 23.9 Å². The minimum absolute atomic E-state index is 0.0519. The van der Waals surface area contributed by atoms with Crippen molar-refractivity contribution in [3.05, 3.63) is 24.3 Å². The molecule has 1 aliphatic heterocycles. The zero-order chi connectivity index (χ0) is 13.9. The van der Waals surface area contributed by atoms with Crippen LogP contribution in [0.2, 0.25) is 0 Å². The third-order valence-electron chi connectivity index (χ3n) is 3.94. The lowest BCUT2D eigenvalue weighted by molar-refractivity contribution is -0.125. The summed E-state index contributed by atoms with van der Waals surface area (Å²) in [6, 6.07) is 7.31. The Hall–Kier alpha value is -2.04. The molecule has 3 rings (SSSR count). The predicted octanol–water partition coefficient (Wildman–Crippen LogP) is 1.87. The summed E-state index contributed by atoms with van der Waals surface area (Å²) in [5, 5.41) is 8.97. The van der Waals surface area contributed by atoms with Gasteiger partial charge in [0.05, 0.1) is 17.8 Å². The summed E-state index contributed by atoms with van der Waals surface area (Å²) < 4.78 is 0. The number of para-hydroxylation sites is 2. The highest BCUT2D eigenvalue weighted by molar-refractivity contribution is 6.04. The second-order valence-electron chi connectivity index (χ2n) is 5.48. The summed E-state index contributed by atoms with van der Waals surface area (Å²) in [7, 11) is 0. The highest BCUT2D eigenvalue weighted by Gasteiger charge is 2.28. The van der Waals surface area contributed by atoms with E-state index < -0.39 is 6.04 Å². The third kappa shape index (κ3) is 2.76. The Morgan fingerprint density at radius 2 is 1.90 bits per heavy atom. The van der Waals surface area contributed by atoms with Gasteiger partial charge in [0.1, 0.15) is 6.04 Å². The molecule has 0 aromatic heterocycles. The lowest BCUT2D eigenvalue weighted by Crippen LogP contribution is -2.44. The van der Waals surface area contributed by atoms with E-state index in [-0.39, 0.29) is 18.2 Å². The molecule has 1 atom stereocenters. The number of carbonyl (C=O) groups excluding carboxylic acids is 2. The van der Waals surface area contributed by atoms with E-state index in [0.717, 1.165) is 24.2 Å². The van der Waals surface area contributed by atoms with Crippen molar-refractivity contribution in [1.29, 1.82) is 0 Å². The van der Waals surface area contributed by atoms with Crippen LogP contribution in [0, 0.1) is 0 Å². The first kappa shape index (κ1) is 13.0. The number of amides is 2. The van der Waals surface area contributed by atoms with E-state index >= 15 is 0 Å². The minimum Gasteiger partial charge on any atom is -0.372 e. The standard InChI is InChI=1S/C15H19N3O2/c19-14(16-10-5-1-2-6-10)9-13-15(20)18-12-8-4-3-7-11(12)17-13/h3-4,7-8,10,13,17H,1-2,5-6,9H2,(H,16,19)(H,18,20). The van der Waals surface area contributed by atoms with E-state index in [1.807, 2.05) is 24.3 Å². The van der Waals surface area contributed by atoms with Crippen LogP contribution in [0.3, 0.4) is 0 Å². The van der Waals surface area contributed by atoms with Gasteiger partial charge in [-0.1, -0.05) is 25.0 Å². The summed E-state index contributed by atoms with van der Waals surface area (Å²) in [4.78, 5) is 24.0. The van der Waals surface area contributed by atoms with E-state index in [4.69, 9.17) is 0 Å². The summed E-state index contributed by atoms with van der Waals surface area (Å²) in [5.41, 5.74) is 1.63. The number of hydrogen-bond donors (Lipinski definition) is 3. The first-order chi connectivity index (χ1) is 9.72. The lowest BCUT2D eigenvalue weighted by atomic mass is 10.1. The van der Waals surface area contributed by atoms with Crippen LogP contribution in [0.5, 0.6) is 0 Å². The molecule has 1 aliphatic carbocycles. The van der Waals surface area contributed by atoms with Gasteiger partial charge in [0.2, 0.25) is 11.8 Å². The van der Waals surface area contributed by atoms with Crippen LogP contribution in [0.1, 0.15) is 32.1 Å². The van der Waals surface area contributed by atoms with Gasteiger partial charge in [0.15, 0.2) is 0 Å². The Bertz CT molecular complexity index is 524. The van der Waals surface area contributed by atoms with Crippen LogP contribution in [0.4, 0.5) is 11.4 Å². The smallest absolute Gasteiger partial charge is 0.247 e. The van der Waals surface area contributed by atoms with Gasteiger partial charge in [-0.3, -0.25) is 9.59 Å². The van der Waals surface area contributed by atoms with Crippen LogP contribution < -0.4 is 16.0 Å². The molecule has 1 unspecified atom stereocenters. The molecule has 0 bridgehead atoms. The highest BCUT2D eigenvalue weighted by Crippen LogP contribution is 2.26. The number of anilines is 2. The normalized spacial score (nSPS) is 21.8. The topological polar surface area (TPSA) is 70.2 Å². The molecule has 1 fully saturated rings. The molecule has 106 valence electrons. The molecule has 3 N–H and O–H groups in total. The third-order valence-corrected chi connectivity index (χ3v) is 3.94. The zero-order valence-electron chi connectivity index (χ0n) is 11.3. The predicted molar refractivity (Wildman–Crippen MR) is 77.5 cm³/mol. The molecule has 1 heterocycles. The number of nitrogens with one attached hydrogen (secondary N) is 3. The van der Waals surface area contributed by atoms with Gasteiger partial charge in [-0.05, 0) is 25.0 Å².